The van der Waals surface area contributed by atoms with Gasteiger partial charge in [-0.25, -0.2) is 0 Å². The van der Waals surface area contributed by atoms with Gasteiger partial charge >= 0.3 is 0 Å². The van der Waals surface area contributed by atoms with Gasteiger partial charge in [0.25, 0.3) is 10.0 Å². The van der Waals surface area contributed by atoms with Gasteiger partial charge in [-0.15, -0.1) is 9.19 Å². The number of rotatable bonds is 6. The van der Waals surface area contributed by atoms with E-state index in [1.807, 2.05) is 12.1 Å². The van der Waals surface area contributed by atoms with E-state index in [-0.39, 0.29) is 16.0 Å². The minimum absolute atomic E-state index is 0.0164. The fraction of sp³-hybridized carbons (Fsp3) is 0.125. The topological polar surface area (TPSA) is 100 Å². The van der Waals surface area contributed by atoms with Gasteiger partial charge in [-0.05, 0) is 29.8 Å². The zero-order chi connectivity index (χ0) is 18.7. The number of anilines is 1. The van der Waals surface area contributed by atoms with Crippen LogP contribution in [-0.2, 0) is 15.8 Å². The van der Waals surface area contributed by atoms with E-state index in [9.17, 15) is 8.42 Å². The average molecular weight is 411 g/mol. The second kappa shape index (κ2) is 7.56. The second-order valence-electron chi connectivity index (χ2n) is 5.19. The maximum absolute atomic E-state index is 12.7. The minimum atomic E-state index is -3.96. The first-order valence-corrected chi connectivity index (χ1v) is 10.2. The molecular weight excluding hydrogens is 396 g/mol. The highest BCUT2D eigenvalue weighted by atomic mass is 35.5. The van der Waals surface area contributed by atoms with E-state index in [1.54, 1.807) is 24.3 Å². The van der Waals surface area contributed by atoms with Crippen molar-refractivity contribution in [2.24, 2.45) is 0 Å². The number of nitrogens with zero attached hydrogens (tertiary/aromatic N) is 3. The molecule has 2 aromatic carbocycles. The predicted molar refractivity (Wildman–Crippen MR) is 101 cm³/mol. The van der Waals surface area contributed by atoms with Crippen molar-refractivity contribution in [3.8, 4) is 5.75 Å². The zero-order valence-corrected chi connectivity index (χ0v) is 16.1. The summed E-state index contributed by atoms with van der Waals surface area (Å²) in [5, 5.41) is 4.95. The van der Waals surface area contributed by atoms with Crippen molar-refractivity contribution in [3.63, 3.8) is 0 Å². The Morgan fingerprint density at radius 3 is 2.65 bits per heavy atom. The van der Waals surface area contributed by atoms with Crippen LogP contribution in [0.2, 0.25) is 5.02 Å². The first-order valence-electron chi connectivity index (χ1n) is 7.39. The Balaban J connectivity index is 1.83. The van der Waals surface area contributed by atoms with Crippen molar-refractivity contribution in [2.75, 3.05) is 12.8 Å². The highest BCUT2D eigenvalue weighted by Crippen LogP contribution is 2.25. The molecule has 0 aliphatic heterocycles. The summed E-state index contributed by atoms with van der Waals surface area (Å²) in [4.78, 5) is 4.05. The van der Waals surface area contributed by atoms with E-state index >= 15 is 0 Å². The normalized spacial score (nSPS) is 11.5. The molecule has 2 N–H and O–H groups in total. The lowest BCUT2D eigenvalue weighted by atomic mass is 10.2. The molecule has 136 valence electrons. The van der Waals surface area contributed by atoms with Gasteiger partial charge in [0.1, 0.15) is 5.75 Å². The van der Waals surface area contributed by atoms with E-state index in [2.05, 4.69) is 10.1 Å². The highest BCUT2D eigenvalue weighted by molar-refractivity contribution is 7.98. The van der Waals surface area contributed by atoms with Crippen molar-refractivity contribution in [1.29, 1.82) is 0 Å². The monoisotopic (exact) mass is 410 g/mol. The number of nitrogens with two attached hydrogens (primary N) is 1. The van der Waals surface area contributed by atoms with E-state index in [0.717, 1.165) is 9.65 Å². The van der Waals surface area contributed by atoms with Gasteiger partial charge < -0.3 is 10.5 Å². The Morgan fingerprint density at radius 1 is 1.23 bits per heavy atom. The summed E-state index contributed by atoms with van der Waals surface area (Å²) in [7, 11) is -2.50. The number of halogens is 1. The molecule has 3 aromatic rings. The van der Waals surface area contributed by atoms with Gasteiger partial charge in [-0.3, -0.25) is 0 Å². The van der Waals surface area contributed by atoms with Crippen LogP contribution >= 0.6 is 23.4 Å². The van der Waals surface area contributed by atoms with E-state index in [4.69, 9.17) is 22.1 Å². The second-order valence-corrected chi connectivity index (χ2v) is 8.34. The molecule has 0 saturated carbocycles. The largest absolute Gasteiger partial charge is 0.497 e. The number of thioether (sulfide) groups is 1. The quantitative estimate of drug-likeness (QED) is 0.623. The molecular formula is C16H15ClN4O3S2. The highest BCUT2D eigenvalue weighted by Gasteiger charge is 2.23. The lowest BCUT2D eigenvalue weighted by Gasteiger charge is -2.06. The molecule has 0 amide bonds. The number of hydrogen-bond donors (Lipinski definition) is 1. The number of aromatic nitrogens is 3. The fourth-order valence-corrected chi connectivity index (χ4v) is 4.27. The maximum atomic E-state index is 12.7. The van der Waals surface area contributed by atoms with Crippen molar-refractivity contribution in [3.05, 3.63) is 59.1 Å². The summed E-state index contributed by atoms with van der Waals surface area (Å²) >= 11 is 7.13. The summed E-state index contributed by atoms with van der Waals surface area (Å²) < 4.78 is 31.3. The summed E-state index contributed by atoms with van der Waals surface area (Å²) in [5.41, 5.74) is 6.78. The Labute approximate surface area is 160 Å². The zero-order valence-electron chi connectivity index (χ0n) is 13.7. The van der Waals surface area contributed by atoms with Gasteiger partial charge in [-0.1, -0.05) is 41.6 Å². The Bertz CT molecular complexity index is 1020. The van der Waals surface area contributed by atoms with E-state index in [0.29, 0.717) is 16.5 Å². The molecule has 0 bridgehead atoms. The molecule has 0 fully saturated rings. The maximum Gasteiger partial charge on any atom is 0.286 e. The van der Waals surface area contributed by atoms with Gasteiger partial charge in [0.15, 0.2) is 0 Å². The number of nitrogen functional groups attached to an aromatic ring is 1. The van der Waals surface area contributed by atoms with Gasteiger partial charge in [0, 0.05) is 16.8 Å². The van der Waals surface area contributed by atoms with Crippen LogP contribution in [0.1, 0.15) is 5.56 Å². The minimum Gasteiger partial charge on any atom is -0.497 e. The van der Waals surface area contributed by atoms with E-state index in [1.165, 1.54) is 31.0 Å². The Kier molecular flexibility index (Phi) is 5.40. The van der Waals surface area contributed by atoms with Crippen LogP contribution in [0.5, 0.6) is 5.75 Å². The molecule has 0 saturated heterocycles. The molecule has 10 heteroatoms. The summed E-state index contributed by atoms with van der Waals surface area (Å²) in [6.45, 7) is 0. The summed E-state index contributed by atoms with van der Waals surface area (Å²) in [5.74, 6) is 0.772. The predicted octanol–water partition coefficient (Wildman–Crippen LogP) is 3.05. The molecule has 0 atom stereocenters. The lowest BCUT2D eigenvalue weighted by Crippen LogP contribution is -2.17. The van der Waals surface area contributed by atoms with Gasteiger partial charge in [-0.2, -0.15) is 13.4 Å². The van der Waals surface area contributed by atoms with Crippen LogP contribution in [0.4, 0.5) is 5.95 Å². The van der Waals surface area contributed by atoms with Crippen molar-refractivity contribution in [2.45, 2.75) is 15.8 Å². The van der Waals surface area contributed by atoms with Crippen LogP contribution < -0.4 is 10.5 Å². The smallest absolute Gasteiger partial charge is 0.286 e. The Hall–Kier alpha value is -2.23. The third kappa shape index (κ3) is 3.95. The molecule has 7 nitrogen and oxygen atoms in total. The van der Waals surface area contributed by atoms with Crippen LogP contribution in [-0.4, -0.2) is 29.7 Å². The molecule has 0 radical (unpaired) electrons. The van der Waals surface area contributed by atoms with Crippen LogP contribution in [0.25, 0.3) is 0 Å². The molecule has 26 heavy (non-hydrogen) atoms. The van der Waals surface area contributed by atoms with Crippen molar-refractivity contribution >= 4 is 39.3 Å². The van der Waals surface area contributed by atoms with Gasteiger partial charge in [0.2, 0.25) is 11.1 Å². The van der Waals surface area contributed by atoms with Crippen LogP contribution in [0.15, 0.2) is 58.6 Å². The fourth-order valence-electron chi connectivity index (χ4n) is 2.12. The summed E-state index contributed by atoms with van der Waals surface area (Å²) in [6, 6.07) is 13.4. The Morgan fingerprint density at radius 2 is 1.96 bits per heavy atom. The number of benzene rings is 2. The average Bonchev–Trinajstić information content (AvgIpc) is 3.03. The standard InChI is InChI=1S/C16H15ClN4O3S2/c1-24-13-3-2-4-14(9-13)26(22,23)21-15(18)19-16(20-21)25-10-11-5-7-12(17)8-6-11/h2-9H,10H2,1H3,(H2,18,19,20). The first kappa shape index (κ1) is 18.6. The molecule has 0 unspecified atom stereocenters. The number of ether oxygens (including phenoxy) is 1. The van der Waals surface area contributed by atoms with Crippen LogP contribution in [0.3, 0.4) is 0 Å². The third-order valence-corrected chi connectivity index (χ3v) is 6.16. The molecule has 0 aliphatic carbocycles. The summed E-state index contributed by atoms with van der Waals surface area (Å²) in [6.07, 6.45) is 0. The SMILES string of the molecule is COc1cccc(S(=O)(=O)n2nc(SCc3ccc(Cl)cc3)nc2N)c1. The van der Waals surface area contributed by atoms with Gasteiger partial charge in [0.05, 0.1) is 12.0 Å². The molecule has 1 aromatic heterocycles. The number of methoxy groups -OCH3 is 1. The molecule has 0 spiro atoms. The van der Waals surface area contributed by atoms with Crippen LogP contribution in [0, 0.1) is 0 Å². The number of hydrogen-bond acceptors (Lipinski definition) is 7. The first-order chi connectivity index (χ1) is 12.4. The van der Waals surface area contributed by atoms with Crippen molar-refractivity contribution < 1.29 is 13.2 Å². The molecule has 0 aliphatic rings. The molecule has 1 heterocycles. The molecule has 3 rings (SSSR count). The third-order valence-electron chi connectivity index (χ3n) is 3.43. The van der Waals surface area contributed by atoms with Crippen molar-refractivity contribution in [1.82, 2.24) is 14.2 Å². The lowest BCUT2D eigenvalue weighted by molar-refractivity contribution is 0.413. The van der Waals surface area contributed by atoms with E-state index < -0.39 is 10.0 Å².